The molecule has 0 amide bonds. The maximum atomic E-state index is 11.6. The molecule has 1 aromatic rings. The van der Waals surface area contributed by atoms with Gasteiger partial charge in [0.05, 0.1) is 17.6 Å². The molecule has 0 saturated carbocycles. The zero-order valence-electron chi connectivity index (χ0n) is 13.0. The molecule has 0 spiro atoms. The van der Waals surface area contributed by atoms with Crippen molar-refractivity contribution in [2.75, 3.05) is 18.6 Å². The number of nitrogens with one attached hydrogen (secondary N) is 1. The number of hydrogen-bond donors (Lipinski definition) is 1. The Morgan fingerprint density at radius 1 is 1.38 bits per heavy atom. The van der Waals surface area contributed by atoms with E-state index in [0.717, 1.165) is 24.2 Å². The van der Waals surface area contributed by atoms with Crippen LogP contribution in [0.2, 0.25) is 0 Å². The van der Waals surface area contributed by atoms with E-state index in [1.807, 2.05) is 39.1 Å². The van der Waals surface area contributed by atoms with Crippen molar-refractivity contribution in [1.29, 1.82) is 0 Å². The van der Waals surface area contributed by atoms with E-state index in [9.17, 15) is 8.42 Å². The summed E-state index contributed by atoms with van der Waals surface area (Å²) in [6.07, 6.45) is 1.78. The molecular formula is C16H25NO3S. The van der Waals surface area contributed by atoms with Gasteiger partial charge < -0.3 is 10.1 Å². The fourth-order valence-electron chi connectivity index (χ4n) is 2.89. The highest BCUT2D eigenvalue weighted by Gasteiger charge is 2.29. The van der Waals surface area contributed by atoms with Crippen LogP contribution in [0.15, 0.2) is 24.3 Å². The number of sulfone groups is 1. The molecule has 21 heavy (non-hydrogen) atoms. The Morgan fingerprint density at radius 2 is 2.14 bits per heavy atom. The minimum Gasteiger partial charge on any atom is -0.491 e. The smallest absolute Gasteiger partial charge is 0.150 e. The lowest BCUT2D eigenvalue weighted by Crippen LogP contribution is -2.20. The largest absolute Gasteiger partial charge is 0.491 e. The summed E-state index contributed by atoms with van der Waals surface area (Å²) >= 11 is 0. The summed E-state index contributed by atoms with van der Waals surface area (Å²) in [5.74, 6) is 1.78. The van der Waals surface area contributed by atoms with Crippen molar-refractivity contribution in [3.63, 3.8) is 0 Å². The average Bonchev–Trinajstić information content (AvgIpc) is 2.75. The molecule has 118 valence electrons. The molecule has 1 N–H and O–H groups in total. The zero-order chi connectivity index (χ0) is 15.5. The first-order chi connectivity index (χ1) is 9.89. The summed E-state index contributed by atoms with van der Waals surface area (Å²) < 4.78 is 28.9. The highest BCUT2D eigenvalue weighted by atomic mass is 32.2. The van der Waals surface area contributed by atoms with Crippen LogP contribution in [0, 0.1) is 5.92 Å². The van der Waals surface area contributed by atoms with E-state index < -0.39 is 9.84 Å². The van der Waals surface area contributed by atoms with Crippen molar-refractivity contribution in [2.24, 2.45) is 5.92 Å². The lowest BCUT2D eigenvalue weighted by Gasteiger charge is -2.21. The molecule has 0 radical (unpaired) electrons. The van der Waals surface area contributed by atoms with Gasteiger partial charge in [0.25, 0.3) is 0 Å². The Balaban J connectivity index is 2.07. The Labute approximate surface area is 127 Å². The minimum absolute atomic E-state index is 0.147. The molecule has 2 atom stereocenters. The molecule has 1 aromatic carbocycles. The van der Waals surface area contributed by atoms with Gasteiger partial charge in [0.15, 0.2) is 9.84 Å². The molecular weight excluding hydrogens is 286 g/mol. The maximum Gasteiger partial charge on any atom is 0.150 e. The molecule has 0 bridgehead atoms. The molecule has 0 aromatic heterocycles. The van der Waals surface area contributed by atoms with Crippen LogP contribution in [-0.2, 0) is 9.84 Å². The van der Waals surface area contributed by atoms with Gasteiger partial charge in [-0.15, -0.1) is 0 Å². The Kier molecular flexibility index (Phi) is 5.27. The molecule has 2 unspecified atom stereocenters. The minimum atomic E-state index is -2.81. The normalized spacial score (nSPS) is 22.4. The van der Waals surface area contributed by atoms with Gasteiger partial charge in [-0.05, 0) is 57.4 Å². The van der Waals surface area contributed by atoms with Crippen molar-refractivity contribution in [2.45, 2.75) is 38.8 Å². The van der Waals surface area contributed by atoms with Crippen LogP contribution in [0.4, 0.5) is 0 Å². The number of hydrogen-bond acceptors (Lipinski definition) is 4. The third-order valence-electron chi connectivity index (χ3n) is 3.88. The molecule has 0 aliphatic carbocycles. The topological polar surface area (TPSA) is 55.4 Å². The van der Waals surface area contributed by atoms with E-state index in [1.165, 1.54) is 0 Å². The highest BCUT2D eigenvalue weighted by molar-refractivity contribution is 7.91. The van der Waals surface area contributed by atoms with E-state index >= 15 is 0 Å². The van der Waals surface area contributed by atoms with Crippen LogP contribution in [0.3, 0.4) is 0 Å². The van der Waals surface area contributed by atoms with Gasteiger partial charge in [0.1, 0.15) is 5.75 Å². The van der Waals surface area contributed by atoms with Crippen LogP contribution in [-0.4, -0.2) is 33.1 Å². The van der Waals surface area contributed by atoms with Crippen LogP contribution < -0.4 is 10.1 Å². The van der Waals surface area contributed by atoms with Gasteiger partial charge in [0.2, 0.25) is 0 Å². The van der Waals surface area contributed by atoms with Crippen LogP contribution in [0.1, 0.15) is 38.3 Å². The molecule has 1 aliphatic rings. The maximum absolute atomic E-state index is 11.6. The van der Waals surface area contributed by atoms with Crippen LogP contribution in [0.25, 0.3) is 0 Å². The van der Waals surface area contributed by atoms with E-state index in [2.05, 4.69) is 11.4 Å². The third kappa shape index (κ3) is 4.71. The lowest BCUT2D eigenvalue weighted by atomic mass is 9.94. The first kappa shape index (κ1) is 16.3. The van der Waals surface area contributed by atoms with Crippen molar-refractivity contribution in [1.82, 2.24) is 5.32 Å². The fraction of sp³-hybridized carbons (Fsp3) is 0.625. The predicted molar refractivity (Wildman–Crippen MR) is 85.4 cm³/mol. The zero-order valence-corrected chi connectivity index (χ0v) is 13.8. The fourth-order valence-corrected chi connectivity index (χ4v) is 4.77. The third-order valence-corrected chi connectivity index (χ3v) is 5.71. The molecule has 1 aliphatic heterocycles. The number of ether oxygens (including phenoxy) is 1. The van der Waals surface area contributed by atoms with Gasteiger partial charge in [-0.2, -0.15) is 0 Å². The quantitative estimate of drug-likeness (QED) is 0.877. The summed E-state index contributed by atoms with van der Waals surface area (Å²) in [6, 6.07) is 8.22. The monoisotopic (exact) mass is 311 g/mol. The summed E-state index contributed by atoms with van der Waals surface area (Å²) in [7, 11) is -0.887. The van der Waals surface area contributed by atoms with E-state index in [1.54, 1.807) is 0 Å². The van der Waals surface area contributed by atoms with Gasteiger partial charge >= 0.3 is 0 Å². The summed E-state index contributed by atoms with van der Waals surface area (Å²) in [5.41, 5.74) is 1.15. The molecule has 4 nitrogen and oxygen atoms in total. The van der Waals surface area contributed by atoms with Crippen molar-refractivity contribution >= 4 is 9.84 Å². The standard InChI is InChI=1S/C16H25NO3S/c1-12(2)20-15-6-4-5-14(10-15)16(17-3)9-13-7-8-21(18,19)11-13/h4-6,10,12-13,16-17H,7-9,11H2,1-3H3. The first-order valence-corrected chi connectivity index (χ1v) is 9.36. The second kappa shape index (κ2) is 6.79. The predicted octanol–water partition coefficient (Wildman–Crippen LogP) is 2.56. The second-order valence-corrected chi connectivity index (χ2v) is 8.31. The lowest BCUT2D eigenvalue weighted by molar-refractivity contribution is 0.242. The Morgan fingerprint density at radius 3 is 2.71 bits per heavy atom. The number of benzene rings is 1. The van der Waals surface area contributed by atoms with E-state index in [0.29, 0.717) is 11.5 Å². The average molecular weight is 311 g/mol. The van der Waals surface area contributed by atoms with Crippen molar-refractivity contribution < 1.29 is 13.2 Å². The van der Waals surface area contributed by atoms with Gasteiger partial charge in [0, 0.05) is 6.04 Å². The van der Waals surface area contributed by atoms with Gasteiger partial charge in [-0.1, -0.05) is 12.1 Å². The second-order valence-electron chi connectivity index (χ2n) is 6.09. The molecule has 2 rings (SSSR count). The van der Waals surface area contributed by atoms with Crippen LogP contribution in [0.5, 0.6) is 5.75 Å². The highest BCUT2D eigenvalue weighted by Crippen LogP contribution is 2.30. The van der Waals surface area contributed by atoms with Gasteiger partial charge in [-0.25, -0.2) is 8.42 Å². The van der Waals surface area contributed by atoms with E-state index in [-0.39, 0.29) is 18.1 Å². The Bertz CT molecular complexity index is 569. The molecule has 5 heteroatoms. The summed E-state index contributed by atoms with van der Waals surface area (Å²) in [6.45, 7) is 4.01. The summed E-state index contributed by atoms with van der Waals surface area (Å²) in [5, 5.41) is 3.30. The number of rotatable bonds is 6. The molecule has 1 fully saturated rings. The summed E-state index contributed by atoms with van der Waals surface area (Å²) in [4.78, 5) is 0. The SMILES string of the molecule is CNC(CC1CCS(=O)(=O)C1)c1cccc(OC(C)C)c1. The Hall–Kier alpha value is -1.07. The molecule has 1 heterocycles. The van der Waals surface area contributed by atoms with E-state index in [4.69, 9.17) is 4.74 Å². The molecule has 1 saturated heterocycles. The van der Waals surface area contributed by atoms with Crippen molar-refractivity contribution in [3.8, 4) is 5.75 Å². The van der Waals surface area contributed by atoms with Crippen LogP contribution >= 0.6 is 0 Å². The van der Waals surface area contributed by atoms with Crippen molar-refractivity contribution in [3.05, 3.63) is 29.8 Å². The first-order valence-electron chi connectivity index (χ1n) is 7.54. The van der Waals surface area contributed by atoms with Gasteiger partial charge in [-0.3, -0.25) is 0 Å².